The molecule has 2 fully saturated rings. The standard InChI is InChI=1S/C13H19N3/c14-12-5-4-11(8-15-12)16-9-13(10-16)6-2-1-3-7-13/h4-5,8H,1-3,6-7,9-10H2,(H2,14,15). The Labute approximate surface area is 96.7 Å². The molecule has 0 atom stereocenters. The molecule has 1 saturated carbocycles. The van der Waals surface area contributed by atoms with Crippen molar-refractivity contribution in [2.45, 2.75) is 32.1 Å². The van der Waals surface area contributed by atoms with Crippen LogP contribution in [0.15, 0.2) is 18.3 Å². The summed E-state index contributed by atoms with van der Waals surface area (Å²) in [7, 11) is 0. The summed E-state index contributed by atoms with van der Waals surface area (Å²) in [5.41, 5.74) is 7.46. The van der Waals surface area contributed by atoms with Crippen LogP contribution in [0.3, 0.4) is 0 Å². The fourth-order valence-corrected chi connectivity index (χ4v) is 3.15. The zero-order chi connectivity index (χ0) is 11.0. The van der Waals surface area contributed by atoms with E-state index >= 15 is 0 Å². The molecule has 1 aromatic rings. The monoisotopic (exact) mass is 217 g/mol. The molecule has 2 N–H and O–H groups in total. The van der Waals surface area contributed by atoms with Crippen LogP contribution in [0.2, 0.25) is 0 Å². The first-order valence-electron chi connectivity index (χ1n) is 6.24. The maximum absolute atomic E-state index is 5.59. The van der Waals surface area contributed by atoms with Gasteiger partial charge in [-0.1, -0.05) is 19.3 Å². The van der Waals surface area contributed by atoms with Crippen LogP contribution in [0.1, 0.15) is 32.1 Å². The molecule has 16 heavy (non-hydrogen) atoms. The highest BCUT2D eigenvalue weighted by Gasteiger charge is 2.43. The fraction of sp³-hybridized carbons (Fsp3) is 0.615. The van der Waals surface area contributed by atoms with Gasteiger partial charge in [-0.2, -0.15) is 0 Å². The Kier molecular flexibility index (Phi) is 2.27. The maximum atomic E-state index is 5.59. The van der Waals surface area contributed by atoms with Crippen molar-refractivity contribution in [2.24, 2.45) is 5.41 Å². The Morgan fingerprint density at radius 1 is 1.12 bits per heavy atom. The molecule has 2 heterocycles. The van der Waals surface area contributed by atoms with Gasteiger partial charge >= 0.3 is 0 Å². The summed E-state index contributed by atoms with van der Waals surface area (Å²) < 4.78 is 0. The third kappa shape index (κ3) is 1.64. The summed E-state index contributed by atoms with van der Waals surface area (Å²) in [5, 5.41) is 0. The van der Waals surface area contributed by atoms with Gasteiger partial charge in [-0.25, -0.2) is 4.98 Å². The second-order valence-electron chi connectivity index (χ2n) is 5.36. The summed E-state index contributed by atoms with van der Waals surface area (Å²) in [5.74, 6) is 0.608. The molecule has 0 aromatic carbocycles. The van der Waals surface area contributed by atoms with Crippen LogP contribution >= 0.6 is 0 Å². The summed E-state index contributed by atoms with van der Waals surface area (Å²) >= 11 is 0. The first kappa shape index (κ1) is 9.94. The number of hydrogen-bond acceptors (Lipinski definition) is 3. The second-order valence-corrected chi connectivity index (χ2v) is 5.36. The van der Waals surface area contributed by atoms with Gasteiger partial charge in [0, 0.05) is 18.5 Å². The van der Waals surface area contributed by atoms with Crippen LogP contribution in [0, 0.1) is 5.41 Å². The predicted molar refractivity (Wildman–Crippen MR) is 66.4 cm³/mol. The molecule has 3 nitrogen and oxygen atoms in total. The minimum Gasteiger partial charge on any atom is -0.384 e. The minimum atomic E-state index is 0.608. The van der Waals surface area contributed by atoms with E-state index in [2.05, 4.69) is 16.0 Å². The molecule has 0 radical (unpaired) electrons. The van der Waals surface area contributed by atoms with Crippen molar-refractivity contribution in [3.8, 4) is 0 Å². The van der Waals surface area contributed by atoms with Crippen LogP contribution in [0.25, 0.3) is 0 Å². The van der Waals surface area contributed by atoms with Crippen molar-refractivity contribution < 1.29 is 0 Å². The number of aromatic nitrogens is 1. The highest BCUT2D eigenvalue weighted by atomic mass is 15.2. The van der Waals surface area contributed by atoms with Crippen LogP contribution in [-0.4, -0.2) is 18.1 Å². The van der Waals surface area contributed by atoms with Crippen LogP contribution < -0.4 is 10.6 Å². The van der Waals surface area contributed by atoms with Crippen LogP contribution in [-0.2, 0) is 0 Å². The maximum Gasteiger partial charge on any atom is 0.123 e. The SMILES string of the molecule is Nc1ccc(N2CC3(CCCCC3)C2)cn1. The van der Waals surface area contributed by atoms with Gasteiger partial charge in [0.05, 0.1) is 11.9 Å². The quantitative estimate of drug-likeness (QED) is 0.785. The third-order valence-electron chi connectivity index (χ3n) is 4.10. The van der Waals surface area contributed by atoms with E-state index in [1.54, 1.807) is 0 Å². The number of rotatable bonds is 1. The molecule has 3 heteroatoms. The van der Waals surface area contributed by atoms with Crippen LogP contribution in [0.4, 0.5) is 11.5 Å². The minimum absolute atomic E-state index is 0.608. The molecule has 0 amide bonds. The summed E-state index contributed by atoms with van der Waals surface area (Å²) in [6.45, 7) is 2.44. The summed E-state index contributed by atoms with van der Waals surface area (Å²) in [4.78, 5) is 6.58. The number of nitrogens with two attached hydrogens (primary N) is 1. The highest BCUT2D eigenvalue weighted by Crippen LogP contribution is 2.45. The van der Waals surface area contributed by atoms with E-state index in [0.29, 0.717) is 11.2 Å². The third-order valence-corrected chi connectivity index (χ3v) is 4.10. The lowest BCUT2D eigenvalue weighted by Crippen LogP contribution is -2.57. The van der Waals surface area contributed by atoms with Crippen molar-refractivity contribution in [1.82, 2.24) is 4.98 Å². The van der Waals surface area contributed by atoms with Crippen molar-refractivity contribution in [3.63, 3.8) is 0 Å². The van der Waals surface area contributed by atoms with Gasteiger partial charge in [-0.15, -0.1) is 0 Å². The molecular formula is C13H19N3. The number of pyridine rings is 1. The first-order chi connectivity index (χ1) is 7.77. The van der Waals surface area contributed by atoms with Gasteiger partial charge in [-0.3, -0.25) is 0 Å². The average molecular weight is 217 g/mol. The van der Waals surface area contributed by atoms with E-state index in [1.807, 2.05) is 12.3 Å². The van der Waals surface area contributed by atoms with Crippen molar-refractivity contribution in [1.29, 1.82) is 0 Å². The Bertz CT molecular complexity index is 357. The molecule has 2 aliphatic rings. The number of nitrogens with zero attached hydrogens (tertiary/aromatic N) is 2. The Hall–Kier alpha value is -1.25. The zero-order valence-corrected chi connectivity index (χ0v) is 9.65. The Morgan fingerprint density at radius 2 is 1.88 bits per heavy atom. The van der Waals surface area contributed by atoms with E-state index in [0.717, 1.165) is 0 Å². The van der Waals surface area contributed by atoms with Gasteiger partial charge in [0.15, 0.2) is 0 Å². The molecule has 0 bridgehead atoms. The molecule has 1 aromatic heterocycles. The number of hydrogen-bond donors (Lipinski definition) is 1. The van der Waals surface area contributed by atoms with E-state index in [4.69, 9.17) is 5.73 Å². The Morgan fingerprint density at radius 3 is 2.50 bits per heavy atom. The number of nitrogen functional groups attached to an aromatic ring is 1. The van der Waals surface area contributed by atoms with Gasteiger partial charge in [0.1, 0.15) is 5.82 Å². The molecule has 3 rings (SSSR count). The van der Waals surface area contributed by atoms with Gasteiger partial charge in [0.2, 0.25) is 0 Å². The van der Waals surface area contributed by atoms with Gasteiger partial charge in [-0.05, 0) is 25.0 Å². The van der Waals surface area contributed by atoms with E-state index < -0.39 is 0 Å². The smallest absolute Gasteiger partial charge is 0.123 e. The predicted octanol–water partition coefficient (Wildman–Crippen LogP) is 2.43. The van der Waals surface area contributed by atoms with Crippen molar-refractivity contribution in [2.75, 3.05) is 23.7 Å². The molecule has 86 valence electrons. The topological polar surface area (TPSA) is 42.1 Å². The molecule has 1 aliphatic heterocycles. The Balaban J connectivity index is 1.66. The van der Waals surface area contributed by atoms with Gasteiger partial charge < -0.3 is 10.6 Å². The normalized spacial score (nSPS) is 23.1. The van der Waals surface area contributed by atoms with Crippen molar-refractivity contribution in [3.05, 3.63) is 18.3 Å². The molecule has 0 unspecified atom stereocenters. The lowest BCUT2D eigenvalue weighted by molar-refractivity contribution is 0.139. The summed E-state index contributed by atoms with van der Waals surface area (Å²) in [6, 6.07) is 3.97. The lowest BCUT2D eigenvalue weighted by atomic mass is 9.68. The molecule has 1 saturated heterocycles. The second kappa shape index (κ2) is 3.65. The lowest BCUT2D eigenvalue weighted by Gasteiger charge is -2.53. The molecule has 1 aliphatic carbocycles. The molecular weight excluding hydrogens is 198 g/mol. The van der Waals surface area contributed by atoms with E-state index in [9.17, 15) is 0 Å². The highest BCUT2D eigenvalue weighted by molar-refractivity contribution is 5.51. The zero-order valence-electron chi connectivity index (χ0n) is 9.65. The van der Waals surface area contributed by atoms with E-state index in [-0.39, 0.29) is 0 Å². The number of anilines is 2. The largest absolute Gasteiger partial charge is 0.384 e. The summed E-state index contributed by atoms with van der Waals surface area (Å²) in [6.07, 6.45) is 9.02. The average Bonchev–Trinajstić information content (AvgIpc) is 2.28. The van der Waals surface area contributed by atoms with Crippen molar-refractivity contribution >= 4 is 11.5 Å². The van der Waals surface area contributed by atoms with Gasteiger partial charge in [0.25, 0.3) is 0 Å². The fourth-order valence-electron chi connectivity index (χ4n) is 3.15. The first-order valence-corrected chi connectivity index (χ1v) is 6.24. The van der Waals surface area contributed by atoms with Crippen LogP contribution in [0.5, 0.6) is 0 Å². The molecule has 1 spiro atoms. The van der Waals surface area contributed by atoms with E-state index in [1.165, 1.54) is 50.9 Å².